The molecule has 0 bridgehead atoms. The van der Waals surface area contributed by atoms with Gasteiger partial charge in [-0.3, -0.25) is 0 Å². The number of fused-ring (bicyclic) bond motifs is 12. The van der Waals surface area contributed by atoms with E-state index in [-0.39, 0.29) is 0 Å². The van der Waals surface area contributed by atoms with Crippen LogP contribution in [0.3, 0.4) is 0 Å². The van der Waals surface area contributed by atoms with Crippen molar-refractivity contribution in [1.29, 1.82) is 0 Å². The highest BCUT2D eigenvalue weighted by Gasteiger charge is 2.23. The molecule has 0 atom stereocenters. The highest BCUT2D eigenvalue weighted by molar-refractivity contribution is 6.12. The first kappa shape index (κ1) is 81.6. The van der Waals surface area contributed by atoms with Gasteiger partial charge in [-0.25, -0.2) is 0 Å². The Morgan fingerprint density at radius 1 is 0.138 bits per heavy atom. The van der Waals surface area contributed by atoms with Crippen LogP contribution in [-0.4, -0.2) is 9.13 Å². The van der Waals surface area contributed by atoms with Crippen LogP contribution in [0.1, 0.15) is 0 Å². The Hall–Kier alpha value is -18.4. The Morgan fingerprint density at radius 2 is 0.362 bits per heavy atom. The van der Waals surface area contributed by atoms with Crippen molar-refractivity contribution >= 4 is 122 Å². The summed E-state index contributed by atoms with van der Waals surface area (Å²) in [6.07, 6.45) is 0. The van der Waals surface area contributed by atoms with Gasteiger partial charge in [-0.2, -0.15) is 0 Å². The predicted octanol–water partition coefficient (Wildman–Crippen LogP) is 37.0. The summed E-state index contributed by atoms with van der Waals surface area (Å²) in [5.74, 6) is 0. The molecule has 0 radical (unpaired) electrons. The zero-order valence-electron chi connectivity index (χ0n) is 75.4. The van der Waals surface area contributed by atoms with Crippen molar-refractivity contribution in [3.8, 4) is 123 Å². The highest BCUT2D eigenvalue weighted by atomic mass is 16.3. The van der Waals surface area contributed by atoms with E-state index in [2.05, 4.69) is 529 Å². The second-order valence-electron chi connectivity index (χ2n) is 35.4. The quantitative estimate of drug-likeness (QED) is 0.0859. The third kappa shape index (κ3) is 15.4. The molecule has 4 heterocycles. The first-order chi connectivity index (χ1) is 68.4. The third-order valence-corrected chi connectivity index (χ3v) is 27.3. The van der Waals surface area contributed by atoms with Crippen molar-refractivity contribution in [1.82, 2.24) is 9.13 Å². The average Bonchev–Trinajstić information content (AvgIpc) is 1.58. The van der Waals surface area contributed by atoms with Gasteiger partial charge in [-0.05, 0) is 276 Å². The van der Waals surface area contributed by atoms with Gasteiger partial charge in [0, 0.05) is 88.5 Å². The molecule has 0 aliphatic heterocycles. The van der Waals surface area contributed by atoms with Crippen molar-refractivity contribution in [3.05, 3.63) is 534 Å². The molecular weight excluding hydrogens is 1670 g/mol. The number of hydrogen-bond donors (Lipinski definition) is 0. The lowest BCUT2D eigenvalue weighted by molar-refractivity contribution is 0.668. The molecule has 138 heavy (non-hydrogen) atoms. The topological polar surface area (TPSA) is 42.6 Å². The zero-order valence-corrected chi connectivity index (χ0v) is 75.4. The number of benzene rings is 22. The van der Waals surface area contributed by atoms with Gasteiger partial charge in [0.15, 0.2) is 0 Å². The SMILES string of the molecule is c1ccc(-c2ccc(-c3ccc(N(c4ccc(-c5cccc(-c6ccc(-n7c8ccccc8c8ccccc87)cc6)c5)cc4)c4ccc(-c5ccc6c(c5)oc5ccccc56)cc4)cc3)cc2)cc1.c1ccc(-c2cccc(-c3ccccc3N(c3ccc(-c4cccc(-c5ccc(-n6c7ccccc7c7ccccc76)cc5)c4)cc3)c3ccc(-c4ccc5c(c4)oc4ccccc45)cc3)c2)cc1. The molecule has 6 nitrogen and oxygen atoms in total. The molecule has 6 heteroatoms. The number of aromatic nitrogens is 2. The lowest BCUT2D eigenvalue weighted by Crippen LogP contribution is -2.11. The maximum Gasteiger partial charge on any atom is 0.136 e. The van der Waals surface area contributed by atoms with E-state index < -0.39 is 0 Å². The second-order valence-corrected chi connectivity index (χ2v) is 35.4. The van der Waals surface area contributed by atoms with Crippen LogP contribution < -0.4 is 9.80 Å². The van der Waals surface area contributed by atoms with E-state index in [1.165, 1.54) is 110 Å². The monoisotopic (exact) mass is 1760 g/mol. The molecule has 0 saturated carbocycles. The lowest BCUT2D eigenvalue weighted by atomic mass is 9.96. The number of rotatable bonds is 18. The minimum Gasteiger partial charge on any atom is -0.456 e. The van der Waals surface area contributed by atoms with Gasteiger partial charge in [0.25, 0.3) is 0 Å². The van der Waals surface area contributed by atoms with Crippen LogP contribution in [0.5, 0.6) is 0 Å². The molecule has 26 rings (SSSR count). The number of furan rings is 2. The van der Waals surface area contributed by atoms with Crippen LogP contribution in [-0.2, 0) is 0 Å². The van der Waals surface area contributed by atoms with Crippen LogP contribution in [0.2, 0.25) is 0 Å². The van der Waals surface area contributed by atoms with Crippen LogP contribution in [0.15, 0.2) is 543 Å². The Morgan fingerprint density at radius 3 is 0.717 bits per heavy atom. The minimum atomic E-state index is 0.894. The van der Waals surface area contributed by atoms with Gasteiger partial charge in [-0.1, -0.05) is 364 Å². The molecule has 0 aliphatic rings. The van der Waals surface area contributed by atoms with Crippen molar-refractivity contribution in [2.75, 3.05) is 9.80 Å². The molecule has 4 aromatic heterocycles. The molecule has 0 N–H and O–H groups in total. The number of para-hydroxylation sites is 7. The molecule has 648 valence electrons. The Bertz CT molecular complexity index is 8900. The van der Waals surface area contributed by atoms with Crippen LogP contribution in [0.4, 0.5) is 34.1 Å². The molecule has 0 amide bonds. The molecule has 0 fully saturated rings. The smallest absolute Gasteiger partial charge is 0.136 e. The van der Waals surface area contributed by atoms with Gasteiger partial charge < -0.3 is 27.8 Å². The van der Waals surface area contributed by atoms with Crippen molar-refractivity contribution in [2.45, 2.75) is 0 Å². The van der Waals surface area contributed by atoms with E-state index in [0.717, 1.165) is 134 Å². The summed E-state index contributed by atoms with van der Waals surface area (Å²) in [6.45, 7) is 0. The molecule has 0 unspecified atom stereocenters. The first-order valence-corrected chi connectivity index (χ1v) is 47.1. The van der Waals surface area contributed by atoms with Gasteiger partial charge in [0.1, 0.15) is 22.3 Å². The molecule has 22 aromatic carbocycles. The molecule has 0 spiro atoms. The fraction of sp³-hybridized carbons (Fsp3) is 0. The first-order valence-electron chi connectivity index (χ1n) is 47.1. The lowest BCUT2D eigenvalue weighted by Gasteiger charge is -2.28. The van der Waals surface area contributed by atoms with Crippen LogP contribution in [0.25, 0.3) is 210 Å². The van der Waals surface area contributed by atoms with Crippen LogP contribution >= 0.6 is 0 Å². The van der Waals surface area contributed by atoms with Gasteiger partial charge in [-0.15, -0.1) is 0 Å². The van der Waals surface area contributed by atoms with E-state index >= 15 is 0 Å². The van der Waals surface area contributed by atoms with Gasteiger partial charge >= 0.3 is 0 Å². The van der Waals surface area contributed by atoms with Gasteiger partial charge in [0.2, 0.25) is 0 Å². The molecule has 0 aliphatic carbocycles. The maximum absolute atomic E-state index is 6.29. The standard InChI is InChI=1S/2C66H44N2O/c1-2-14-45(15-3-1)51-18-13-19-53(43-51)57-20-4-8-24-62(57)67(55-37-30-48(31-38-55)52-34-41-61-60-23-7-11-27-65(60)69-66(61)44-52)54-35-28-46(29-36-54)49-16-12-17-50(42-49)47-32-39-56(40-33-47)68-63-25-9-5-21-58(63)59-22-6-10-26-64(59)68;1-2-11-45(12-3-1)46-21-23-47(24-22-46)48-25-34-55(35-26-48)67(57-38-29-51(30-39-57)54-33-42-62-61-17-6-9-20-65(61)69-66(62)44-54)56-36-27-49(28-37-56)52-13-10-14-53(43-52)50-31-40-58(41-32-50)68-63-18-7-4-15-59(63)60-16-5-8-19-64(60)68/h2*1-44H. The van der Waals surface area contributed by atoms with E-state index in [0.29, 0.717) is 0 Å². The summed E-state index contributed by atoms with van der Waals surface area (Å²) < 4.78 is 17.3. The fourth-order valence-electron chi connectivity index (χ4n) is 20.4. The summed E-state index contributed by atoms with van der Waals surface area (Å²) in [6, 6.07) is 192. The van der Waals surface area contributed by atoms with Crippen LogP contribution in [0, 0.1) is 0 Å². The summed E-state index contributed by atoms with van der Waals surface area (Å²) >= 11 is 0. The summed E-state index contributed by atoms with van der Waals surface area (Å²) in [7, 11) is 0. The van der Waals surface area contributed by atoms with Gasteiger partial charge in [0.05, 0.1) is 27.8 Å². The maximum atomic E-state index is 6.29. The summed E-state index contributed by atoms with van der Waals surface area (Å²) in [5.41, 5.74) is 40.6. The molecular formula is C132H88N4O2. The summed E-state index contributed by atoms with van der Waals surface area (Å²) in [5, 5.41) is 9.61. The Labute approximate surface area is 800 Å². The molecule has 26 aromatic rings. The highest BCUT2D eigenvalue weighted by Crippen LogP contribution is 2.47. The number of nitrogens with zero attached hydrogens (tertiary/aromatic N) is 4. The van der Waals surface area contributed by atoms with Crippen molar-refractivity contribution in [3.63, 3.8) is 0 Å². The van der Waals surface area contributed by atoms with E-state index in [9.17, 15) is 0 Å². The fourth-order valence-corrected chi connectivity index (χ4v) is 20.4. The van der Waals surface area contributed by atoms with E-state index in [4.69, 9.17) is 8.83 Å². The second kappa shape index (κ2) is 35.3. The average molecular weight is 1760 g/mol. The minimum absolute atomic E-state index is 0.894. The van der Waals surface area contributed by atoms with E-state index in [1.807, 2.05) is 24.3 Å². The van der Waals surface area contributed by atoms with E-state index in [1.54, 1.807) is 0 Å². The summed E-state index contributed by atoms with van der Waals surface area (Å²) in [4.78, 5) is 4.73. The Kier molecular flexibility index (Phi) is 20.9. The normalized spacial score (nSPS) is 11.5. The molecule has 0 saturated heterocycles. The Balaban J connectivity index is 0.000000146. The number of anilines is 6. The third-order valence-electron chi connectivity index (χ3n) is 27.3. The number of hydrogen-bond acceptors (Lipinski definition) is 4. The zero-order chi connectivity index (χ0) is 91.4. The predicted molar refractivity (Wildman–Crippen MR) is 580 cm³/mol. The van der Waals surface area contributed by atoms with Crippen molar-refractivity contribution < 1.29 is 8.83 Å². The van der Waals surface area contributed by atoms with Crippen molar-refractivity contribution in [2.24, 2.45) is 0 Å². The largest absolute Gasteiger partial charge is 0.456 e.